The van der Waals surface area contributed by atoms with Crippen LogP contribution in [0.25, 0.3) is 0 Å². The minimum Gasteiger partial charge on any atom is -0.394 e. The van der Waals surface area contributed by atoms with Crippen molar-refractivity contribution in [3.05, 3.63) is 0 Å². The first-order chi connectivity index (χ1) is 10.1. The van der Waals surface area contributed by atoms with Gasteiger partial charge in [-0.05, 0) is 52.9 Å². The van der Waals surface area contributed by atoms with Gasteiger partial charge in [-0.3, -0.25) is 0 Å². The molecule has 2 N–H and O–H groups in total. The van der Waals surface area contributed by atoms with E-state index in [0.717, 1.165) is 39.0 Å². The number of hydrogen-bond acceptors (Lipinski definition) is 4. The number of aliphatic hydroxyl groups is 1. The molecule has 122 valence electrons. The van der Waals surface area contributed by atoms with Gasteiger partial charge < -0.3 is 25.1 Å². The van der Waals surface area contributed by atoms with Gasteiger partial charge in [0.25, 0.3) is 0 Å². The van der Waals surface area contributed by atoms with E-state index in [0.29, 0.717) is 12.6 Å². The lowest BCUT2D eigenvalue weighted by Crippen LogP contribution is -2.48. The average molecular weight is 298 g/mol. The molecule has 0 aromatic heterocycles. The number of rotatable bonds is 5. The first-order valence-corrected chi connectivity index (χ1v) is 8.16. The molecule has 0 aliphatic carbocycles. The van der Waals surface area contributed by atoms with E-state index in [9.17, 15) is 9.90 Å². The lowest BCUT2D eigenvalue weighted by Gasteiger charge is -2.35. The van der Waals surface area contributed by atoms with E-state index in [1.165, 1.54) is 12.8 Å². The Bertz CT molecular complexity index is 330. The second-order valence-electron chi connectivity index (χ2n) is 6.44. The van der Waals surface area contributed by atoms with Crippen LogP contribution in [0.15, 0.2) is 0 Å². The van der Waals surface area contributed by atoms with Crippen LogP contribution in [0.5, 0.6) is 0 Å². The number of carbonyl (C=O) groups excluding carboxylic acids is 1. The smallest absolute Gasteiger partial charge is 0.317 e. The van der Waals surface area contributed by atoms with E-state index >= 15 is 0 Å². The molecule has 2 saturated heterocycles. The molecule has 2 amide bonds. The second kappa shape index (κ2) is 7.96. The number of carbonyl (C=O) groups is 1. The van der Waals surface area contributed by atoms with Crippen molar-refractivity contribution >= 4 is 6.03 Å². The molecule has 0 saturated carbocycles. The summed E-state index contributed by atoms with van der Waals surface area (Å²) in [6.07, 6.45) is 4.33. The summed E-state index contributed by atoms with van der Waals surface area (Å²) in [6.45, 7) is 4.68. The molecule has 21 heavy (non-hydrogen) atoms. The number of hydrogen-bond donors (Lipinski definition) is 2. The highest BCUT2D eigenvalue weighted by atomic mass is 16.3. The number of piperidine rings is 1. The maximum Gasteiger partial charge on any atom is 0.317 e. The summed E-state index contributed by atoms with van der Waals surface area (Å²) in [6, 6.07) is 0.696. The summed E-state index contributed by atoms with van der Waals surface area (Å²) >= 11 is 0. The van der Waals surface area contributed by atoms with Gasteiger partial charge in [-0.25, -0.2) is 4.79 Å². The van der Waals surface area contributed by atoms with Gasteiger partial charge in [-0.2, -0.15) is 0 Å². The summed E-state index contributed by atoms with van der Waals surface area (Å²) in [5, 5.41) is 12.2. The SMILES string of the molecule is CN(C)C1CCN(CCNC(=O)N2CCC[C@H]2CO)CC1. The van der Waals surface area contributed by atoms with Crippen molar-refractivity contribution in [2.75, 3.05) is 53.4 Å². The predicted octanol–water partition coefficient (Wildman–Crippen LogP) is 0.179. The van der Waals surface area contributed by atoms with Gasteiger partial charge in [-0.1, -0.05) is 0 Å². The summed E-state index contributed by atoms with van der Waals surface area (Å²) in [5.74, 6) is 0. The molecular formula is C15H30N4O2. The van der Waals surface area contributed by atoms with Crippen LogP contribution in [0.3, 0.4) is 0 Å². The van der Waals surface area contributed by atoms with E-state index in [2.05, 4.69) is 29.2 Å². The highest BCUT2D eigenvalue weighted by Gasteiger charge is 2.28. The molecule has 0 aromatic rings. The number of aliphatic hydroxyl groups excluding tert-OH is 1. The third-order valence-corrected chi connectivity index (χ3v) is 4.84. The van der Waals surface area contributed by atoms with Crippen LogP contribution in [0, 0.1) is 0 Å². The summed E-state index contributed by atoms with van der Waals surface area (Å²) < 4.78 is 0. The van der Waals surface area contributed by atoms with Gasteiger partial charge in [0.15, 0.2) is 0 Å². The average Bonchev–Trinajstić information content (AvgIpc) is 2.96. The molecule has 2 aliphatic rings. The van der Waals surface area contributed by atoms with Gasteiger partial charge in [-0.15, -0.1) is 0 Å². The van der Waals surface area contributed by atoms with E-state index in [4.69, 9.17) is 0 Å². The maximum atomic E-state index is 12.1. The molecular weight excluding hydrogens is 268 g/mol. The Labute approximate surface area is 128 Å². The molecule has 0 radical (unpaired) electrons. The lowest BCUT2D eigenvalue weighted by molar-refractivity contribution is 0.140. The fourth-order valence-corrected chi connectivity index (χ4v) is 3.37. The van der Waals surface area contributed by atoms with Gasteiger partial charge >= 0.3 is 6.03 Å². The van der Waals surface area contributed by atoms with Crippen LogP contribution >= 0.6 is 0 Å². The Morgan fingerprint density at radius 2 is 1.95 bits per heavy atom. The number of amides is 2. The molecule has 2 aliphatic heterocycles. The Morgan fingerprint density at radius 1 is 1.24 bits per heavy atom. The van der Waals surface area contributed by atoms with Crippen molar-refractivity contribution in [2.24, 2.45) is 0 Å². The quantitative estimate of drug-likeness (QED) is 0.760. The number of nitrogens with zero attached hydrogens (tertiary/aromatic N) is 3. The van der Waals surface area contributed by atoms with Crippen molar-refractivity contribution < 1.29 is 9.90 Å². The Balaban J connectivity index is 1.62. The normalized spacial score (nSPS) is 24.8. The predicted molar refractivity (Wildman–Crippen MR) is 83.4 cm³/mol. The second-order valence-corrected chi connectivity index (χ2v) is 6.44. The molecule has 2 fully saturated rings. The number of likely N-dealkylation sites (tertiary alicyclic amines) is 2. The Hall–Kier alpha value is -0.850. The van der Waals surface area contributed by atoms with Gasteiger partial charge in [0.2, 0.25) is 0 Å². The monoisotopic (exact) mass is 298 g/mol. The molecule has 1 atom stereocenters. The first-order valence-electron chi connectivity index (χ1n) is 8.16. The zero-order valence-corrected chi connectivity index (χ0v) is 13.4. The van der Waals surface area contributed by atoms with Crippen molar-refractivity contribution in [1.82, 2.24) is 20.0 Å². The maximum absolute atomic E-state index is 12.1. The van der Waals surface area contributed by atoms with Gasteiger partial charge in [0.1, 0.15) is 0 Å². The molecule has 2 rings (SSSR count). The molecule has 6 nitrogen and oxygen atoms in total. The lowest BCUT2D eigenvalue weighted by atomic mass is 10.0. The largest absolute Gasteiger partial charge is 0.394 e. The van der Waals surface area contributed by atoms with E-state index in [-0.39, 0.29) is 18.7 Å². The minimum absolute atomic E-state index is 0.0147. The van der Waals surface area contributed by atoms with E-state index < -0.39 is 0 Å². The van der Waals surface area contributed by atoms with Crippen LogP contribution in [-0.4, -0.2) is 91.3 Å². The molecule has 0 unspecified atom stereocenters. The molecule has 0 spiro atoms. The van der Waals surface area contributed by atoms with Gasteiger partial charge in [0.05, 0.1) is 12.6 Å². The number of nitrogens with one attached hydrogen (secondary N) is 1. The van der Waals surface area contributed by atoms with Crippen molar-refractivity contribution in [1.29, 1.82) is 0 Å². The van der Waals surface area contributed by atoms with E-state index in [1.807, 2.05) is 0 Å². The third kappa shape index (κ3) is 4.56. The third-order valence-electron chi connectivity index (χ3n) is 4.84. The Morgan fingerprint density at radius 3 is 2.57 bits per heavy atom. The van der Waals surface area contributed by atoms with Crippen molar-refractivity contribution in [3.8, 4) is 0 Å². The molecule has 2 heterocycles. The molecule has 0 aromatic carbocycles. The number of urea groups is 1. The van der Waals surface area contributed by atoms with E-state index in [1.54, 1.807) is 4.90 Å². The zero-order valence-electron chi connectivity index (χ0n) is 13.4. The molecule has 0 bridgehead atoms. The van der Waals surface area contributed by atoms with Crippen molar-refractivity contribution in [2.45, 2.75) is 37.8 Å². The summed E-state index contributed by atoms with van der Waals surface area (Å²) in [4.78, 5) is 18.6. The molecule has 6 heteroatoms. The fourth-order valence-electron chi connectivity index (χ4n) is 3.37. The zero-order chi connectivity index (χ0) is 15.2. The fraction of sp³-hybridized carbons (Fsp3) is 0.933. The van der Waals surface area contributed by atoms with Crippen LogP contribution < -0.4 is 5.32 Å². The van der Waals surface area contributed by atoms with Gasteiger partial charge in [0, 0.05) is 25.7 Å². The Kier molecular flexibility index (Phi) is 6.26. The van der Waals surface area contributed by atoms with Crippen LogP contribution in [0.1, 0.15) is 25.7 Å². The van der Waals surface area contributed by atoms with Crippen molar-refractivity contribution in [3.63, 3.8) is 0 Å². The van der Waals surface area contributed by atoms with Crippen LogP contribution in [-0.2, 0) is 0 Å². The summed E-state index contributed by atoms with van der Waals surface area (Å²) in [5.41, 5.74) is 0. The topological polar surface area (TPSA) is 59.0 Å². The summed E-state index contributed by atoms with van der Waals surface area (Å²) in [7, 11) is 4.29. The first kappa shape index (κ1) is 16.5. The minimum atomic E-state index is -0.0188. The van der Waals surface area contributed by atoms with Crippen LogP contribution in [0.2, 0.25) is 0 Å². The highest BCUT2D eigenvalue weighted by Crippen LogP contribution is 2.16. The standard InChI is InChI=1S/C15H30N4O2/c1-17(2)13-5-9-18(10-6-13)11-7-16-15(21)19-8-3-4-14(19)12-20/h13-14,20H,3-12H2,1-2H3,(H,16,21)/t14-/m0/s1. The van der Waals surface area contributed by atoms with Crippen LogP contribution in [0.4, 0.5) is 4.79 Å². The highest BCUT2D eigenvalue weighted by molar-refractivity contribution is 5.74.